The van der Waals surface area contributed by atoms with Gasteiger partial charge in [-0.15, -0.1) is 0 Å². The Labute approximate surface area is 113 Å². The zero-order valence-electron chi connectivity index (χ0n) is 11.4. The minimum atomic E-state index is -0.353. The first-order valence-corrected chi connectivity index (χ1v) is 6.40. The number of ketones is 1. The minimum absolute atomic E-state index is 0.124. The lowest BCUT2D eigenvalue weighted by molar-refractivity contribution is 0.101. The van der Waals surface area contributed by atoms with E-state index in [-0.39, 0.29) is 11.6 Å². The molecule has 0 bridgehead atoms. The molecular weight excluding hydrogens is 239 g/mol. The lowest BCUT2D eigenvalue weighted by Crippen LogP contribution is -1.95. The summed E-state index contributed by atoms with van der Waals surface area (Å²) < 4.78 is 14.1. The molecule has 0 N–H and O–H groups in total. The molecule has 0 saturated carbocycles. The van der Waals surface area contributed by atoms with Crippen molar-refractivity contribution in [3.63, 3.8) is 0 Å². The average Bonchev–Trinajstić information content (AvgIpc) is 2.38. The molecule has 0 saturated heterocycles. The lowest BCUT2D eigenvalue weighted by atomic mass is 9.96. The second-order valence-corrected chi connectivity index (χ2v) is 5.03. The monoisotopic (exact) mass is 256 g/mol. The summed E-state index contributed by atoms with van der Waals surface area (Å²) in [6.45, 7) is 5.65. The van der Waals surface area contributed by atoms with E-state index in [4.69, 9.17) is 0 Å². The van der Waals surface area contributed by atoms with Gasteiger partial charge in [0.05, 0.1) is 0 Å². The van der Waals surface area contributed by atoms with Crippen LogP contribution in [0.1, 0.15) is 42.6 Å². The van der Waals surface area contributed by atoms with Crippen LogP contribution in [0.3, 0.4) is 0 Å². The Bertz CT molecular complexity index is 614. The van der Waals surface area contributed by atoms with Crippen LogP contribution in [0.25, 0.3) is 11.1 Å². The van der Waals surface area contributed by atoms with Gasteiger partial charge in [-0.2, -0.15) is 0 Å². The molecule has 98 valence electrons. The van der Waals surface area contributed by atoms with Gasteiger partial charge in [-0.3, -0.25) is 4.79 Å². The van der Waals surface area contributed by atoms with E-state index in [0.717, 1.165) is 5.56 Å². The number of carbonyl (C=O) groups excluding carboxylic acids is 1. The van der Waals surface area contributed by atoms with E-state index < -0.39 is 0 Å². The average molecular weight is 256 g/mol. The maximum atomic E-state index is 14.1. The molecule has 0 aliphatic carbocycles. The molecule has 0 atom stereocenters. The largest absolute Gasteiger partial charge is 0.295 e. The molecule has 1 nitrogen and oxygen atoms in total. The molecule has 0 unspecified atom stereocenters. The third-order valence-electron chi connectivity index (χ3n) is 3.24. The number of Topliss-reactive ketones (excluding diaryl/α,β-unsaturated/α-hetero) is 1. The van der Waals surface area contributed by atoms with Crippen LogP contribution in [0.5, 0.6) is 0 Å². The Morgan fingerprint density at radius 3 is 2.42 bits per heavy atom. The molecular formula is C17H17FO. The number of benzene rings is 2. The normalized spacial score (nSPS) is 10.8. The minimum Gasteiger partial charge on any atom is -0.295 e. The van der Waals surface area contributed by atoms with Crippen LogP contribution < -0.4 is 0 Å². The summed E-state index contributed by atoms with van der Waals surface area (Å²) >= 11 is 0. The molecule has 0 radical (unpaired) electrons. The molecule has 2 rings (SSSR count). The van der Waals surface area contributed by atoms with E-state index in [9.17, 15) is 9.18 Å². The van der Waals surface area contributed by atoms with Crippen molar-refractivity contribution in [3.05, 3.63) is 59.4 Å². The quantitative estimate of drug-likeness (QED) is 0.720. The van der Waals surface area contributed by atoms with Gasteiger partial charge < -0.3 is 0 Å². The molecule has 0 aliphatic rings. The standard InChI is InChI=1S/C17H17FO/c1-11(2)13-5-4-6-15(9-13)16-8-7-14(12(3)19)10-17(16)18/h4-11H,1-3H3. The van der Waals surface area contributed by atoms with E-state index in [0.29, 0.717) is 17.0 Å². The fourth-order valence-corrected chi connectivity index (χ4v) is 2.03. The van der Waals surface area contributed by atoms with Crippen molar-refractivity contribution in [2.75, 3.05) is 0 Å². The van der Waals surface area contributed by atoms with Crippen LogP contribution in [0.4, 0.5) is 4.39 Å². The lowest BCUT2D eigenvalue weighted by Gasteiger charge is -2.09. The summed E-state index contributed by atoms with van der Waals surface area (Å²) in [5.74, 6) is -0.0745. The zero-order valence-corrected chi connectivity index (χ0v) is 11.4. The predicted molar refractivity (Wildman–Crippen MR) is 75.9 cm³/mol. The van der Waals surface area contributed by atoms with Crippen molar-refractivity contribution in [2.24, 2.45) is 0 Å². The molecule has 0 heterocycles. The molecule has 0 aliphatic heterocycles. The highest BCUT2D eigenvalue weighted by Gasteiger charge is 2.09. The number of carbonyl (C=O) groups is 1. The van der Waals surface area contributed by atoms with Crippen LogP contribution in [-0.2, 0) is 0 Å². The number of rotatable bonds is 3. The SMILES string of the molecule is CC(=O)c1ccc(-c2cccc(C(C)C)c2)c(F)c1. The van der Waals surface area contributed by atoms with Crippen molar-refractivity contribution in [1.82, 2.24) is 0 Å². The molecule has 2 heteroatoms. The molecule has 0 amide bonds. The third kappa shape index (κ3) is 2.90. The maximum absolute atomic E-state index is 14.1. The Hall–Kier alpha value is -1.96. The molecule has 0 fully saturated rings. The maximum Gasteiger partial charge on any atom is 0.159 e. The molecule has 2 aromatic rings. The zero-order chi connectivity index (χ0) is 14.0. The summed E-state index contributed by atoms with van der Waals surface area (Å²) in [6.07, 6.45) is 0. The van der Waals surface area contributed by atoms with Crippen molar-refractivity contribution < 1.29 is 9.18 Å². The van der Waals surface area contributed by atoms with Gasteiger partial charge in [0.1, 0.15) is 5.82 Å². The van der Waals surface area contributed by atoms with E-state index >= 15 is 0 Å². The Balaban J connectivity index is 2.47. The summed E-state index contributed by atoms with van der Waals surface area (Å²) in [6, 6.07) is 12.5. The summed E-state index contributed by atoms with van der Waals surface area (Å²) in [5.41, 5.74) is 2.96. The first-order chi connectivity index (χ1) is 8.99. The highest BCUT2D eigenvalue weighted by Crippen LogP contribution is 2.26. The van der Waals surface area contributed by atoms with Gasteiger partial charge in [0, 0.05) is 11.1 Å². The second kappa shape index (κ2) is 5.35. The van der Waals surface area contributed by atoms with Crippen LogP contribution in [0.15, 0.2) is 42.5 Å². The molecule has 2 aromatic carbocycles. The van der Waals surface area contributed by atoms with E-state index in [1.54, 1.807) is 12.1 Å². The summed E-state index contributed by atoms with van der Waals surface area (Å²) in [4.78, 5) is 11.2. The number of hydrogen-bond acceptors (Lipinski definition) is 1. The predicted octanol–water partition coefficient (Wildman–Crippen LogP) is 4.82. The smallest absolute Gasteiger partial charge is 0.159 e. The molecule has 0 spiro atoms. The van der Waals surface area contributed by atoms with Gasteiger partial charge >= 0.3 is 0 Å². The summed E-state index contributed by atoms with van der Waals surface area (Å²) in [7, 11) is 0. The Morgan fingerprint density at radius 1 is 1.11 bits per heavy atom. The number of halogens is 1. The van der Waals surface area contributed by atoms with E-state index in [2.05, 4.69) is 13.8 Å². The molecule has 0 aromatic heterocycles. The highest BCUT2D eigenvalue weighted by molar-refractivity contribution is 5.94. The van der Waals surface area contributed by atoms with Gasteiger partial charge in [-0.25, -0.2) is 4.39 Å². The van der Waals surface area contributed by atoms with Gasteiger partial charge in [0.15, 0.2) is 5.78 Å². The summed E-state index contributed by atoms with van der Waals surface area (Å²) in [5, 5.41) is 0. The fraction of sp³-hybridized carbons (Fsp3) is 0.235. The fourth-order valence-electron chi connectivity index (χ4n) is 2.03. The van der Waals surface area contributed by atoms with Crippen molar-refractivity contribution >= 4 is 5.78 Å². The first-order valence-electron chi connectivity index (χ1n) is 6.40. The van der Waals surface area contributed by atoms with Crippen LogP contribution in [0.2, 0.25) is 0 Å². The Kier molecular flexibility index (Phi) is 3.79. The van der Waals surface area contributed by atoms with Crippen molar-refractivity contribution in [3.8, 4) is 11.1 Å². The van der Waals surface area contributed by atoms with Gasteiger partial charge in [-0.1, -0.05) is 50.2 Å². The van der Waals surface area contributed by atoms with Crippen molar-refractivity contribution in [2.45, 2.75) is 26.7 Å². The number of hydrogen-bond donors (Lipinski definition) is 0. The van der Waals surface area contributed by atoms with E-state index in [1.807, 2.05) is 24.3 Å². The van der Waals surface area contributed by atoms with Crippen LogP contribution in [-0.4, -0.2) is 5.78 Å². The Morgan fingerprint density at radius 2 is 1.84 bits per heavy atom. The highest BCUT2D eigenvalue weighted by atomic mass is 19.1. The van der Waals surface area contributed by atoms with Crippen LogP contribution >= 0.6 is 0 Å². The topological polar surface area (TPSA) is 17.1 Å². The third-order valence-corrected chi connectivity index (χ3v) is 3.24. The van der Waals surface area contributed by atoms with Crippen LogP contribution in [0, 0.1) is 5.82 Å². The first kappa shape index (κ1) is 13.5. The van der Waals surface area contributed by atoms with Crippen molar-refractivity contribution in [1.29, 1.82) is 0 Å². The van der Waals surface area contributed by atoms with Gasteiger partial charge in [-0.05, 0) is 30.0 Å². The second-order valence-electron chi connectivity index (χ2n) is 5.03. The van der Waals surface area contributed by atoms with Gasteiger partial charge in [0.2, 0.25) is 0 Å². The van der Waals surface area contributed by atoms with Gasteiger partial charge in [0.25, 0.3) is 0 Å². The molecule has 19 heavy (non-hydrogen) atoms. The van der Waals surface area contributed by atoms with E-state index in [1.165, 1.54) is 18.6 Å².